The van der Waals surface area contributed by atoms with E-state index in [0.29, 0.717) is 16.7 Å². The maximum atomic E-state index is 5.17. The molecule has 16 heavy (non-hydrogen) atoms. The second kappa shape index (κ2) is 6.87. The lowest BCUT2D eigenvalue weighted by molar-refractivity contribution is 0.173. The van der Waals surface area contributed by atoms with Crippen LogP contribution in [-0.2, 0) is 4.74 Å². The molecular weight excluding hydrogens is 218 g/mol. The van der Waals surface area contributed by atoms with Gasteiger partial charge in [0.25, 0.3) is 0 Å². The lowest BCUT2D eigenvalue weighted by Gasteiger charge is -2.29. The van der Waals surface area contributed by atoms with E-state index in [1.807, 2.05) is 0 Å². The predicted molar refractivity (Wildman–Crippen MR) is 73.2 cm³/mol. The molecule has 2 nitrogen and oxygen atoms in total. The Morgan fingerprint density at radius 3 is 2.69 bits per heavy atom. The van der Waals surface area contributed by atoms with Crippen LogP contribution in [0.3, 0.4) is 0 Å². The summed E-state index contributed by atoms with van der Waals surface area (Å²) >= 11 is 2.13. The highest BCUT2D eigenvalue weighted by Gasteiger charge is 2.30. The van der Waals surface area contributed by atoms with Crippen molar-refractivity contribution < 1.29 is 4.74 Å². The van der Waals surface area contributed by atoms with E-state index < -0.39 is 0 Å². The second-order valence-corrected chi connectivity index (χ2v) is 7.10. The van der Waals surface area contributed by atoms with Crippen LogP contribution in [-0.4, -0.2) is 36.8 Å². The molecule has 1 N–H and O–H groups in total. The topological polar surface area (TPSA) is 21.3 Å². The number of hydrogen-bond donors (Lipinski definition) is 1. The molecule has 1 heterocycles. The van der Waals surface area contributed by atoms with Gasteiger partial charge in [-0.2, -0.15) is 11.8 Å². The molecule has 0 bridgehead atoms. The second-order valence-electron chi connectivity index (χ2n) is 5.41. The standard InChI is InChI=1S/C13H27NOS/c1-11(2)12(6-8-15-4)14-10-13(3)7-5-9-16-13/h11-12,14H,5-10H2,1-4H3. The van der Waals surface area contributed by atoms with E-state index in [-0.39, 0.29) is 0 Å². The lowest BCUT2D eigenvalue weighted by Crippen LogP contribution is -2.42. The molecule has 1 fully saturated rings. The van der Waals surface area contributed by atoms with Crippen molar-refractivity contribution in [2.24, 2.45) is 5.92 Å². The van der Waals surface area contributed by atoms with Crippen molar-refractivity contribution in [3.05, 3.63) is 0 Å². The van der Waals surface area contributed by atoms with Gasteiger partial charge in [0.05, 0.1) is 0 Å². The molecule has 96 valence electrons. The summed E-state index contributed by atoms with van der Waals surface area (Å²) in [4.78, 5) is 0. The zero-order chi connectivity index (χ0) is 12.0. The van der Waals surface area contributed by atoms with Gasteiger partial charge in [-0.05, 0) is 37.9 Å². The number of ether oxygens (including phenoxy) is 1. The molecule has 0 aromatic carbocycles. The number of methoxy groups -OCH3 is 1. The van der Waals surface area contributed by atoms with Crippen LogP contribution < -0.4 is 5.32 Å². The van der Waals surface area contributed by atoms with Crippen molar-refractivity contribution in [2.75, 3.05) is 26.0 Å². The lowest BCUT2D eigenvalue weighted by atomic mass is 9.99. The van der Waals surface area contributed by atoms with Crippen LogP contribution in [0.25, 0.3) is 0 Å². The van der Waals surface area contributed by atoms with E-state index in [9.17, 15) is 0 Å². The van der Waals surface area contributed by atoms with Gasteiger partial charge in [0.1, 0.15) is 0 Å². The van der Waals surface area contributed by atoms with Gasteiger partial charge in [-0.1, -0.05) is 13.8 Å². The number of hydrogen-bond acceptors (Lipinski definition) is 3. The molecule has 2 atom stereocenters. The van der Waals surface area contributed by atoms with Crippen molar-refractivity contribution in [3.63, 3.8) is 0 Å². The monoisotopic (exact) mass is 245 g/mol. The van der Waals surface area contributed by atoms with Crippen molar-refractivity contribution in [3.8, 4) is 0 Å². The third kappa shape index (κ3) is 4.64. The molecule has 2 unspecified atom stereocenters. The Morgan fingerprint density at radius 1 is 1.44 bits per heavy atom. The zero-order valence-electron chi connectivity index (χ0n) is 11.2. The molecular formula is C13H27NOS. The normalized spacial score (nSPS) is 27.6. The van der Waals surface area contributed by atoms with Crippen LogP contribution in [0.1, 0.15) is 40.0 Å². The minimum absolute atomic E-state index is 0.472. The van der Waals surface area contributed by atoms with Gasteiger partial charge in [-0.15, -0.1) is 0 Å². The quantitative estimate of drug-likeness (QED) is 0.745. The molecule has 0 spiro atoms. The molecule has 1 aliphatic heterocycles. The van der Waals surface area contributed by atoms with E-state index >= 15 is 0 Å². The van der Waals surface area contributed by atoms with Crippen molar-refractivity contribution in [1.29, 1.82) is 0 Å². The van der Waals surface area contributed by atoms with Crippen LogP contribution in [0.4, 0.5) is 0 Å². The average molecular weight is 245 g/mol. The summed E-state index contributed by atoms with van der Waals surface area (Å²) in [6.45, 7) is 8.98. The van der Waals surface area contributed by atoms with Crippen LogP contribution in [0.15, 0.2) is 0 Å². The van der Waals surface area contributed by atoms with E-state index in [0.717, 1.165) is 19.6 Å². The van der Waals surface area contributed by atoms with E-state index in [4.69, 9.17) is 4.74 Å². The van der Waals surface area contributed by atoms with Crippen molar-refractivity contribution in [1.82, 2.24) is 5.32 Å². The Balaban J connectivity index is 2.31. The fraction of sp³-hybridized carbons (Fsp3) is 1.00. The van der Waals surface area contributed by atoms with E-state index in [2.05, 4.69) is 37.8 Å². The maximum Gasteiger partial charge on any atom is 0.0477 e. The Hall–Kier alpha value is 0.270. The third-order valence-electron chi connectivity index (χ3n) is 3.48. The van der Waals surface area contributed by atoms with Crippen molar-refractivity contribution in [2.45, 2.75) is 50.8 Å². The first-order chi connectivity index (χ1) is 7.57. The van der Waals surface area contributed by atoms with Gasteiger partial charge in [0.2, 0.25) is 0 Å². The van der Waals surface area contributed by atoms with Gasteiger partial charge in [0, 0.05) is 31.1 Å². The Morgan fingerprint density at radius 2 is 2.19 bits per heavy atom. The highest BCUT2D eigenvalue weighted by atomic mass is 32.2. The molecule has 0 aromatic heterocycles. The smallest absolute Gasteiger partial charge is 0.0477 e. The van der Waals surface area contributed by atoms with Crippen LogP contribution >= 0.6 is 11.8 Å². The average Bonchev–Trinajstić information content (AvgIpc) is 2.65. The summed E-state index contributed by atoms with van der Waals surface area (Å²) in [5, 5.41) is 3.74. The van der Waals surface area contributed by atoms with Gasteiger partial charge in [0.15, 0.2) is 0 Å². The van der Waals surface area contributed by atoms with Gasteiger partial charge < -0.3 is 10.1 Å². The first-order valence-electron chi connectivity index (χ1n) is 6.44. The van der Waals surface area contributed by atoms with Crippen LogP contribution in [0.5, 0.6) is 0 Å². The number of thioether (sulfide) groups is 1. The van der Waals surface area contributed by atoms with Crippen LogP contribution in [0, 0.1) is 5.92 Å². The number of nitrogens with one attached hydrogen (secondary N) is 1. The highest BCUT2D eigenvalue weighted by Crippen LogP contribution is 2.37. The van der Waals surface area contributed by atoms with Crippen molar-refractivity contribution >= 4 is 11.8 Å². The summed E-state index contributed by atoms with van der Waals surface area (Å²) in [7, 11) is 1.78. The third-order valence-corrected chi connectivity index (χ3v) is 5.01. The Kier molecular flexibility index (Phi) is 6.16. The fourth-order valence-corrected chi connectivity index (χ4v) is 3.49. The Labute approximate surface area is 105 Å². The summed E-state index contributed by atoms with van der Waals surface area (Å²) in [6, 6.07) is 0.595. The number of rotatable bonds is 7. The molecule has 0 amide bonds. The highest BCUT2D eigenvalue weighted by molar-refractivity contribution is 8.00. The van der Waals surface area contributed by atoms with Gasteiger partial charge in [-0.3, -0.25) is 0 Å². The molecule has 1 aliphatic rings. The first-order valence-corrected chi connectivity index (χ1v) is 7.42. The molecule has 0 aromatic rings. The molecule has 0 saturated carbocycles. The molecule has 0 radical (unpaired) electrons. The largest absolute Gasteiger partial charge is 0.385 e. The maximum absolute atomic E-state index is 5.17. The molecule has 3 heteroatoms. The summed E-state index contributed by atoms with van der Waals surface area (Å²) in [6.07, 6.45) is 3.86. The minimum atomic E-state index is 0.472. The van der Waals surface area contributed by atoms with E-state index in [1.165, 1.54) is 18.6 Å². The predicted octanol–water partition coefficient (Wildman–Crippen LogP) is 2.92. The zero-order valence-corrected chi connectivity index (χ0v) is 12.0. The van der Waals surface area contributed by atoms with Gasteiger partial charge in [-0.25, -0.2) is 0 Å². The molecule has 0 aliphatic carbocycles. The first kappa shape index (κ1) is 14.3. The minimum Gasteiger partial charge on any atom is -0.385 e. The SMILES string of the molecule is COCCC(NCC1(C)CCCS1)C(C)C. The Bertz CT molecular complexity index is 190. The van der Waals surface area contributed by atoms with Crippen LogP contribution in [0.2, 0.25) is 0 Å². The summed E-state index contributed by atoms with van der Waals surface area (Å²) < 4.78 is 5.65. The molecule has 1 saturated heterocycles. The molecule has 1 rings (SSSR count). The van der Waals surface area contributed by atoms with Gasteiger partial charge >= 0.3 is 0 Å². The summed E-state index contributed by atoms with van der Waals surface area (Å²) in [5.74, 6) is 2.02. The fourth-order valence-electron chi connectivity index (χ4n) is 2.24. The van der Waals surface area contributed by atoms with E-state index in [1.54, 1.807) is 7.11 Å². The summed E-state index contributed by atoms with van der Waals surface area (Å²) in [5.41, 5.74) is 0.